The molecule has 0 saturated carbocycles. The molecule has 1 unspecified atom stereocenters. The molecule has 1 aliphatic heterocycles. The fraction of sp³-hybridized carbons (Fsp3) is 0.323. The van der Waals surface area contributed by atoms with Gasteiger partial charge in [-0.3, -0.25) is 4.79 Å². The van der Waals surface area contributed by atoms with Gasteiger partial charge in [-0.25, -0.2) is 14.7 Å². The number of rotatable bonds is 12. The zero-order valence-corrected chi connectivity index (χ0v) is 24.8. The quantitative estimate of drug-likeness (QED) is 0.221. The van der Waals surface area contributed by atoms with Crippen molar-refractivity contribution in [2.45, 2.75) is 25.6 Å². The monoisotopic (exact) mass is 571 g/mol. The molecule has 1 aliphatic rings. The lowest BCUT2D eigenvalue weighted by Crippen LogP contribution is -2.47. The molecule has 2 heterocycles. The van der Waals surface area contributed by atoms with E-state index in [1.165, 1.54) is 6.21 Å². The number of nitrogens with one attached hydrogen (secondary N) is 3. The number of carbonyl (C=O) groups is 2. The number of hydrogen-bond donors (Lipinski definition) is 3. The Balaban J connectivity index is 0.00000506. The minimum absolute atomic E-state index is 0. The highest BCUT2D eigenvalue weighted by atomic mass is 16.2. The topological polar surface area (TPSA) is 121 Å². The molecule has 0 bridgehead atoms. The van der Waals surface area contributed by atoms with Crippen molar-refractivity contribution < 1.29 is 11.0 Å². The van der Waals surface area contributed by atoms with Gasteiger partial charge < -0.3 is 30.7 Å². The largest absolute Gasteiger partial charge is 0.343 e. The number of urea groups is 1. The van der Waals surface area contributed by atoms with Gasteiger partial charge >= 0.3 is 6.03 Å². The Hall–Kier alpha value is -4.61. The molecule has 0 saturated heterocycles. The molecule has 1 aromatic heterocycles. The number of likely N-dealkylation sites (N-methyl/N-ethyl adjacent to an activating group) is 3. The van der Waals surface area contributed by atoms with E-state index in [0.717, 1.165) is 11.1 Å². The van der Waals surface area contributed by atoms with Gasteiger partial charge in [0.1, 0.15) is 0 Å². The number of amides is 3. The first kappa shape index (κ1) is 30.4. The number of carbonyl (C=O) groups excluding carboxylic acids is 2. The molecular weight excluding hydrogens is 530 g/mol. The van der Waals surface area contributed by atoms with Crippen LogP contribution in [-0.4, -0.2) is 84.7 Å². The van der Waals surface area contributed by atoms with Gasteiger partial charge in [0.25, 0.3) is 0 Å². The van der Waals surface area contributed by atoms with E-state index in [0.29, 0.717) is 49.3 Å². The summed E-state index contributed by atoms with van der Waals surface area (Å²) < 4.78 is 0. The summed E-state index contributed by atoms with van der Waals surface area (Å²) in [7, 11) is 7.39. The standard InChI is InChI=1S/C31H39N9O2.H2/c1-31(21-32,22-33-2)36-29-34-18-24-20-39(19-23-11-7-6-8-12-23)30(42)40(28(24)35-29)26-14-9-13-25(17-26)38(5)27(41)15-10-16-37(3)4;/h6-15,17-18,21,32-33H,16,19-20,22H2,1-5H3,(H,34,35,36);1H/b15-10+,32-21?;. The van der Waals surface area contributed by atoms with Crippen LogP contribution in [0.25, 0.3) is 0 Å². The van der Waals surface area contributed by atoms with Crippen LogP contribution < -0.4 is 20.4 Å². The molecule has 3 amide bonds. The van der Waals surface area contributed by atoms with E-state index in [4.69, 9.17) is 10.4 Å². The fourth-order valence-electron chi connectivity index (χ4n) is 4.63. The second kappa shape index (κ2) is 13.4. The summed E-state index contributed by atoms with van der Waals surface area (Å²) in [5.74, 6) is 0.587. The van der Waals surface area contributed by atoms with Crippen molar-refractivity contribution in [2.75, 3.05) is 56.4 Å². The second-order valence-corrected chi connectivity index (χ2v) is 10.8. The van der Waals surface area contributed by atoms with Crippen molar-refractivity contribution in [3.05, 3.63) is 84.1 Å². The van der Waals surface area contributed by atoms with Crippen LogP contribution in [-0.2, 0) is 17.9 Å². The van der Waals surface area contributed by atoms with Crippen LogP contribution in [0, 0.1) is 5.41 Å². The fourth-order valence-corrected chi connectivity index (χ4v) is 4.63. The van der Waals surface area contributed by atoms with E-state index in [9.17, 15) is 9.59 Å². The number of fused-ring (bicyclic) bond motifs is 1. The van der Waals surface area contributed by atoms with E-state index in [1.54, 1.807) is 34.0 Å². The predicted molar refractivity (Wildman–Crippen MR) is 170 cm³/mol. The number of aromatic nitrogens is 2. The summed E-state index contributed by atoms with van der Waals surface area (Å²) in [5.41, 5.74) is 2.27. The van der Waals surface area contributed by atoms with Crippen molar-refractivity contribution in [1.29, 1.82) is 5.41 Å². The summed E-state index contributed by atoms with van der Waals surface area (Å²) in [6.45, 7) is 3.76. The van der Waals surface area contributed by atoms with Crippen molar-refractivity contribution in [2.24, 2.45) is 0 Å². The van der Waals surface area contributed by atoms with Crippen LogP contribution in [0.5, 0.6) is 0 Å². The summed E-state index contributed by atoms with van der Waals surface area (Å²) >= 11 is 0. The van der Waals surface area contributed by atoms with Crippen LogP contribution in [0.1, 0.15) is 19.5 Å². The average molecular weight is 572 g/mol. The van der Waals surface area contributed by atoms with Crippen LogP contribution in [0.3, 0.4) is 0 Å². The third kappa shape index (κ3) is 7.17. The Kier molecular flexibility index (Phi) is 9.66. The molecule has 0 aliphatic carbocycles. The predicted octanol–water partition coefficient (Wildman–Crippen LogP) is 4.12. The van der Waals surface area contributed by atoms with Crippen molar-refractivity contribution in [3.8, 4) is 0 Å². The SMILES string of the molecule is CNCC(C)(C=N)Nc1ncc2c(n1)N(c1cccc(N(C)C(=O)/C=C/CN(C)C)c1)C(=O)N(Cc1ccccc1)C2.[HH]. The molecule has 1 atom stereocenters. The van der Waals surface area contributed by atoms with Gasteiger partial charge in [-0.05, 0) is 51.8 Å². The van der Waals surface area contributed by atoms with Gasteiger partial charge in [-0.1, -0.05) is 42.5 Å². The number of hydrogen-bond acceptors (Lipinski definition) is 8. The maximum atomic E-state index is 14.1. The first-order valence-electron chi connectivity index (χ1n) is 13.8. The maximum absolute atomic E-state index is 14.1. The highest BCUT2D eigenvalue weighted by Crippen LogP contribution is 2.36. The first-order valence-corrected chi connectivity index (χ1v) is 13.8. The molecule has 4 rings (SSSR count). The van der Waals surface area contributed by atoms with E-state index >= 15 is 0 Å². The summed E-state index contributed by atoms with van der Waals surface area (Å²) in [6, 6.07) is 16.9. The van der Waals surface area contributed by atoms with Crippen LogP contribution in [0.4, 0.5) is 27.9 Å². The first-order chi connectivity index (χ1) is 20.1. The highest BCUT2D eigenvalue weighted by molar-refractivity contribution is 6.04. The Labute approximate surface area is 248 Å². The van der Waals surface area contributed by atoms with Gasteiger partial charge in [-0.2, -0.15) is 4.98 Å². The number of nitrogens with zero attached hydrogens (tertiary/aromatic N) is 6. The average Bonchev–Trinajstić information content (AvgIpc) is 2.98. The van der Waals surface area contributed by atoms with E-state index in [1.807, 2.05) is 93.6 Å². The number of benzene rings is 2. The Morgan fingerprint density at radius 2 is 1.93 bits per heavy atom. The third-order valence-corrected chi connectivity index (χ3v) is 6.89. The molecule has 0 spiro atoms. The molecule has 42 heavy (non-hydrogen) atoms. The van der Waals surface area contributed by atoms with Crippen molar-refractivity contribution >= 4 is 41.3 Å². The lowest BCUT2D eigenvalue weighted by molar-refractivity contribution is -0.113. The van der Waals surface area contributed by atoms with Crippen LogP contribution >= 0.6 is 0 Å². The maximum Gasteiger partial charge on any atom is 0.330 e. The Bertz CT molecular complexity index is 1450. The zero-order valence-electron chi connectivity index (χ0n) is 24.8. The molecule has 3 N–H and O–H groups in total. The molecule has 0 fully saturated rings. The normalized spacial score (nSPS) is 14.6. The Morgan fingerprint density at radius 3 is 2.62 bits per heavy atom. The molecule has 3 aromatic rings. The van der Waals surface area contributed by atoms with Gasteiger partial charge in [0, 0.05) is 57.8 Å². The van der Waals surface area contributed by atoms with E-state index in [-0.39, 0.29) is 13.4 Å². The molecular formula is C31H41N9O2. The highest BCUT2D eigenvalue weighted by Gasteiger charge is 2.34. The molecule has 222 valence electrons. The van der Waals surface area contributed by atoms with Gasteiger partial charge in [-0.15, -0.1) is 0 Å². The Morgan fingerprint density at radius 1 is 1.17 bits per heavy atom. The molecule has 11 heteroatoms. The van der Waals surface area contributed by atoms with Crippen molar-refractivity contribution in [3.63, 3.8) is 0 Å². The van der Waals surface area contributed by atoms with Gasteiger partial charge in [0.15, 0.2) is 5.82 Å². The minimum atomic E-state index is -0.727. The van der Waals surface area contributed by atoms with Gasteiger partial charge in [0.2, 0.25) is 11.9 Å². The number of anilines is 4. The van der Waals surface area contributed by atoms with Gasteiger partial charge in [0.05, 0.1) is 17.8 Å². The minimum Gasteiger partial charge on any atom is -0.343 e. The lowest BCUT2D eigenvalue weighted by atomic mass is 10.1. The van der Waals surface area contributed by atoms with Crippen LogP contribution in [0.15, 0.2) is 72.9 Å². The molecule has 2 aromatic carbocycles. The smallest absolute Gasteiger partial charge is 0.330 e. The summed E-state index contributed by atoms with van der Waals surface area (Å²) in [6.07, 6.45) is 6.39. The van der Waals surface area contributed by atoms with Crippen molar-refractivity contribution in [1.82, 2.24) is 25.1 Å². The summed E-state index contributed by atoms with van der Waals surface area (Å²) in [5, 5.41) is 14.2. The third-order valence-electron chi connectivity index (χ3n) is 6.89. The lowest BCUT2D eigenvalue weighted by Gasteiger charge is -2.37. The molecule has 0 radical (unpaired) electrons. The van der Waals surface area contributed by atoms with E-state index < -0.39 is 5.54 Å². The van der Waals surface area contributed by atoms with Crippen LogP contribution in [0.2, 0.25) is 0 Å². The molecule has 11 nitrogen and oxygen atoms in total. The zero-order chi connectivity index (χ0) is 30.3. The second-order valence-electron chi connectivity index (χ2n) is 10.8. The van der Waals surface area contributed by atoms with E-state index in [2.05, 4.69) is 15.6 Å². The summed E-state index contributed by atoms with van der Waals surface area (Å²) in [4.78, 5) is 43.1.